The van der Waals surface area contributed by atoms with Crippen LogP contribution in [0.2, 0.25) is 5.02 Å². The second kappa shape index (κ2) is 7.60. The zero-order valence-corrected chi connectivity index (χ0v) is 13.8. The van der Waals surface area contributed by atoms with Crippen molar-refractivity contribution in [2.45, 2.75) is 12.8 Å². The van der Waals surface area contributed by atoms with Crippen LogP contribution in [0.4, 0.5) is 5.69 Å². The third-order valence-corrected chi connectivity index (χ3v) is 3.65. The van der Waals surface area contributed by atoms with Crippen LogP contribution in [0.5, 0.6) is 0 Å². The van der Waals surface area contributed by atoms with Gasteiger partial charge in [0.2, 0.25) is 17.7 Å². The maximum Gasteiger partial charge on any atom is 0.247 e. The van der Waals surface area contributed by atoms with E-state index >= 15 is 0 Å². The maximum absolute atomic E-state index is 12.0. The summed E-state index contributed by atoms with van der Waals surface area (Å²) in [6.07, 6.45) is 0.517. The minimum Gasteiger partial charge on any atom is -0.421 e. The Bertz CT molecular complexity index is 929. The predicted octanol–water partition coefficient (Wildman–Crippen LogP) is 3.83. The number of nitrogens with one attached hydrogen (secondary N) is 1. The van der Waals surface area contributed by atoms with Crippen LogP contribution in [0.25, 0.3) is 11.5 Å². The Kier molecular flexibility index (Phi) is 5.07. The van der Waals surface area contributed by atoms with Crippen LogP contribution < -0.4 is 5.32 Å². The minimum absolute atomic E-state index is 0.193. The molecule has 7 heteroatoms. The van der Waals surface area contributed by atoms with Crippen molar-refractivity contribution in [3.05, 3.63) is 65.0 Å². The van der Waals surface area contributed by atoms with E-state index in [1.807, 2.05) is 6.07 Å². The molecule has 2 aromatic carbocycles. The summed E-state index contributed by atoms with van der Waals surface area (Å²) in [5, 5.41) is 20.1. The Morgan fingerprint density at radius 2 is 2.00 bits per heavy atom. The molecule has 0 unspecified atom stereocenters. The quantitative estimate of drug-likeness (QED) is 0.753. The number of hydrogen-bond donors (Lipinski definition) is 1. The van der Waals surface area contributed by atoms with Gasteiger partial charge < -0.3 is 9.73 Å². The van der Waals surface area contributed by atoms with E-state index in [1.54, 1.807) is 48.5 Å². The Morgan fingerprint density at radius 1 is 1.20 bits per heavy atom. The van der Waals surface area contributed by atoms with Gasteiger partial charge in [0.15, 0.2) is 0 Å². The van der Waals surface area contributed by atoms with Gasteiger partial charge in [-0.2, -0.15) is 5.26 Å². The van der Waals surface area contributed by atoms with Crippen LogP contribution in [0.15, 0.2) is 52.9 Å². The Morgan fingerprint density at radius 3 is 2.76 bits per heavy atom. The summed E-state index contributed by atoms with van der Waals surface area (Å²) < 4.78 is 5.56. The maximum atomic E-state index is 12.0. The molecule has 0 radical (unpaired) electrons. The molecule has 3 rings (SSSR count). The number of halogens is 1. The lowest BCUT2D eigenvalue weighted by molar-refractivity contribution is -0.116. The molecular weight excluding hydrogens is 340 g/mol. The smallest absolute Gasteiger partial charge is 0.247 e. The van der Waals surface area contributed by atoms with Crippen molar-refractivity contribution < 1.29 is 9.21 Å². The highest BCUT2D eigenvalue weighted by Gasteiger charge is 2.11. The van der Waals surface area contributed by atoms with Gasteiger partial charge in [-0.25, -0.2) is 0 Å². The summed E-state index contributed by atoms with van der Waals surface area (Å²) in [5.74, 6) is 0.570. The first-order chi connectivity index (χ1) is 12.1. The molecule has 0 saturated heterocycles. The molecule has 0 spiro atoms. The average Bonchev–Trinajstić information content (AvgIpc) is 3.10. The van der Waals surface area contributed by atoms with E-state index < -0.39 is 0 Å². The molecule has 25 heavy (non-hydrogen) atoms. The fourth-order valence-corrected chi connectivity index (χ4v) is 2.30. The number of carbonyl (C=O) groups excluding carboxylic acids is 1. The number of benzene rings is 2. The lowest BCUT2D eigenvalue weighted by Crippen LogP contribution is -2.12. The van der Waals surface area contributed by atoms with Crippen molar-refractivity contribution in [1.82, 2.24) is 10.2 Å². The standard InChI is InChI=1S/C18H13ClN4O2/c19-14-6-4-13(5-7-14)18-23-22-17(25-18)9-8-16(24)21-15-3-1-2-12(10-15)11-20/h1-7,10H,8-9H2,(H,21,24). The third-order valence-electron chi connectivity index (χ3n) is 3.40. The van der Waals surface area contributed by atoms with Gasteiger partial charge in [0.25, 0.3) is 0 Å². The van der Waals surface area contributed by atoms with E-state index in [0.29, 0.717) is 34.5 Å². The average molecular weight is 353 g/mol. The molecule has 1 amide bonds. The van der Waals surface area contributed by atoms with Crippen LogP contribution in [-0.4, -0.2) is 16.1 Å². The van der Waals surface area contributed by atoms with Crippen LogP contribution in [0.3, 0.4) is 0 Å². The van der Waals surface area contributed by atoms with Gasteiger partial charge in [0, 0.05) is 29.1 Å². The van der Waals surface area contributed by atoms with Gasteiger partial charge in [-0.1, -0.05) is 17.7 Å². The van der Waals surface area contributed by atoms with Gasteiger partial charge in [-0.3, -0.25) is 4.79 Å². The fraction of sp³-hybridized carbons (Fsp3) is 0.111. The van der Waals surface area contributed by atoms with E-state index in [1.165, 1.54) is 0 Å². The topological polar surface area (TPSA) is 91.8 Å². The molecule has 1 N–H and O–H groups in total. The molecule has 124 valence electrons. The highest BCUT2D eigenvalue weighted by atomic mass is 35.5. The van der Waals surface area contributed by atoms with Crippen molar-refractivity contribution in [2.75, 3.05) is 5.32 Å². The molecule has 0 bridgehead atoms. The number of nitriles is 1. The SMILES string of the molecule is N#Cc1cccc(NC(=O)CCc2nnc(-c3ccc(Cl)cc3)o2)c1. The van der Waals surface area contributed by atoms with Gasteiger partial charge in [-0.15, -0.1) is 10.2 Å². The molecule has 0 aliphatic heterocycles. The van der Waals surface area contributed by atoms with Crippen molar-refractivity contribution in [1.29, 1.82) is 5.26 Å². The number of amides is 1. The monoisotopic (exact) mass is 352 g/mol. The molecule has 1 heterocycles. The minimum atomic E-state index is -0.193. The lowest BCUT2D eigenvalue weighted by Gasteiger charge is -2.04. The number of aromatic nitrogens is 2. The normalized spacial score (nSPS) is 10.2. The van der Waals surface area contributed by atoms with Gasteiger partial charge in [-0.05, 0) is 42.5 Å². The zero-order chi connectivity index (χ0) is 17.6. The predicted molar refractivity (Wildman–Crippen MR) is 92.9 cm³/mol. The van der Waals surface area contributed by atoms with Crippen molar-refractivity contribution in [3.63, 3.8) is 0 Å². The molecule has 3 aromatic rings. The molecule has 0 aliphatic carbocycles. The number of hydrogen-bond acceptors (Lipinski definition) is 5. The van der Waals surface area contributed by atoms with E-state index in [2.05, 4.69) is 15.5 Å². The summed E-state index contributed by atoms with van der Waals surface area (Å²) in [7, 11) is 0. The van der Waals surface area contributed by atoms with Crippen LogP contribution in [-0.2, 0) is 11.2 Å². The molecular formula is C18H13ClN4O2. The first-order valence-electron chi connectivity index (χ1n) is 7.52. The van der Waals surface area contributed by atoms with Crippen LogP contribution in [0, 0.1) is 11.3 Å². The van der Waals surface area contributed by atoms with Gasteiger partial charge >= 0.3 is 0 Å². The first kappa shape index (κ1) is 16.7. The van der Waals surface area contributed by atoms with Crippen LogP contribution >= 0.6 is 11.6 Å². The molecule has 6 nitrogen and oxygen atoms in total. The fourth-order valence-electron chi connectivity index (χ4n) is 2.17. The van der Waals surface area contributed by atoms with Crippen molar-refractivity contribution in [2.24, 2.45) is 0 Å². The van der Waals surface area contributed by atoms with E-state index in [9.17, 15) is 4.79 Å². The summed E-state index contributed by atoms with van der Waals surface area (Å²) in [6, 6.07) is 15.8. The Balaban J connectivity index is 1.57. The summed E-state index contributed by atoms with van der Waals surface area (Å²) in [5.41, 5.74) is 1.83. The summed E-state index contributed by atoms with van der Waals surface area (Å²) in [6.45, 7) is 0. The number of anilines is 1. The molecule has 0 aliphatic rings. The Hall–Kier alpha value is -3.17. The highest BCUT2D eigenvalue weighted by Crippen LogP contribution is 2.20. The molecule has 1 aromatic heterocycles. The van der Waals surface area contributed by atoms with Gasteiger partial charge in [0.05, 0.1) is 11.6 Å². The largest absolute Gasteiger partial charge is 0.421 e. The second-order valence-electron chi connectivity index (χ2n) is 5.25. The van der Waals surface area contributed by atoms with Gasteiger partial charge in [0.1, 0.15) is 0 Å². The summed E-state index contributed by atoms with van der Waals surface area (Å²) in [4.78, 5) is 12.0. The van der Waals surface area contributed by atoms with E-state index in [4.69, 9.17) is 21.3 Å². The van der Waals surface area contributed by atoms with E-state index in [0.717, 1.165) is 5.56 Å². The second-order valence-corrected chi connectivity index (χ2v) is 5.69. The van der Waals surface area contributed by atoms with Crippen LogP contribution in [0.1, 0.15) is 17.9 Å². The first-order valence-corrected chi connectivity index (χ1v) is 7.90. The number of rotatable bonds is 5. The number of aryl methyl sites for hydroxylation is 1. The molecule has 0 atom stereocenters. The van der Waals surface area contributed by atoms with Crippen molar-refractivity contribution in [3.8, 4) is 17.5 Å². The Labute approximate surface area is 149 Å². The number of carbonyl (C=O) groups is 1. The molecule has 0 saturated carbocycles. The zero-order valence-electron chi connectivity index (χ0n) is 13.1. The molecule has 0 fully saturated rings. The highest BCUT2D eigenvalue weighted by molar-refractivity contribution is 6.30. The van der Waals surface area contributed by atoms with E-state index in [-0.39, 0.29) is 12.3 Å². The lowest BCUT2D eigenvalue weighted by atomic mass is 10.2. The number of nitrogens with zero attached hydrogens (tertiary/aromatic N) is 3. The third kappa shape index (κ3) is 4.43. The summed E-state index contributed by atoms with van der Waals surface area (Å²) >= 11 is 5.85. The van der Waals surface area contributed by atoms with Crippen molar-refractivity contribution >= 4 is 23.2 Å².